The zero-order valence-electron chi connectivity index (χ0n) is 10.3. The summed E-state index contributed by atoms with van der Waals surface area (Å²) in [4.78, 5) is 23.7. The van der Waals surface area contributed by atoms with Crippen LogP contribution in [-0.4, -0.2) is 25.9 Å². The van der Waals surface area contributed by atoms with Gasteiger partial charge >= 0.3 is 0 Å². The van der Waals surface area contributed by atoms with Crippen LogP contribution < -0.4 is 0 Å². The van der Waals surface area contributed by atoms with Gasteiger partial charge in [-0.3, -0.25) is 9.78 Å². The van der Waals surface area contributed by atoms with E-state index in [0.29, 0.717) is 30.3 Å². The first-order valence-electron chi connectivity index (χ1n) is 5.78. The van der Waals surface area contributed by atoms with Crippen LogP contribution in [0.5, 0.6) is 0 Å². The third-order valence-electron chi connectivity index (χ3n) is 2.49. The fraction of sp³-hybridized carbons (Fsp3) is 0.417. The highest BCUT2D eigenvalue weighted by Crippen LogP contribution is 2.12. The Hall–Kier alpha value is -2.11. The van der Waals surface area contributed by atoms with Gasteiger partial charge in [0.25, 0.3) is 0 Å². The fourth-order valence-electron chi connectivity index (χ4n) is 1.39. The average Bonchev–Trinajstić information content (AvgIpc) is 2.85. The molecule has 0 aliphatic rings. The second kappa shape index (κ2) is 5.48. The molecule has 18 heavy (non-hydrogen) atoms. The van der Waals surface area contributed by atoms with Crippen LogP contribution in [0.3, 0.4) is 0 Å². The number of hydrogen-bond acceptors (Lipinski definition) is 6. The Morgan fingerprint density at radius 3 is 2.89 bits per heavy atom. The van der Waals surface area contributed by atoms with Crippen LogP contribution in [0.2, 0.25) is 0 Å². The zero-order chi connectivity index (χ0) is 13.0. The van der Waals surface area contributed by atoms with E-state index in [0.717, 1.165) is 0 Å². The molecule has 6 nitrogen and oxygen atoms in total. The Labute approximate surface area is 104 Å². The molecule has 94 valence electrons. The minimum atomic E-state index is 0.0346. The lowest BCUT2D eigenvalue weighted by Gasteiger charge is -2.00. The summed E-state index contributed by atoms with van der Waals surface area (Å²) in [7, 11) is 0. The first-order chi connectivity index (χ1) is 8.66. The number of Topliss-reactive ketones (excluding diaryl/α,β-unsaturated/α-hetero) is 1. The first kappa shape index (κ1) is 12.3. The van der Waals surface area contributed by atoms with E-state index in [1.54, 1.807) is 18.6 Å². The van der Waals surface area contributed by atoms with Crippen molar-refractivity contribution in [2.75, 3.05) is 0 Å². The highest BCUT2D eigenvalue weighted by atomic mass is 16.5. The lowest BCUT2D eigenvalue weighted by Crippen LogP contribution is -2.07. The summed E-state index contributed by atoms with van der Waals surface area (Å²) in [5, 5.41) is 3.81. The molecule has 0 N–H and O–H groups in total. The highest BCUT2D eigenvalue weighted by Gasteiger charge is 2.12. The summed E-state index contributed by atoms with van der Waals surface area (Å²) in [6.45, 7) is 3.75. The molecule has 0 saturated carbocycles. The van der Waals surface area contributed by atoms with E-state index in [2.05, 4.69) is 20.1 Å². The number of nitrogens with zero attached hydrogens (tertiary/aromatic N) is 4. The Balaban J connectivity index is 2.01. The number of aromatic nitrogens is 4. The third-order valence-corrected chi connectivity index (χ3v) is 2.49. The Morgan fingerprint density at radius 2 is 2.22 bits per heavy atom. The van der Waals surface area contributed by atoms with Crippen LogP contribution in [0.25, 0.3) is 11.5 Å². The molecular weight excluding hydrogens is 232 g/mol. The van der Waals surface area contributed by atoms with Crippen molar-refractivity contribution in [1.82, 2.24) is 20.1 Å². The number of ketones is 1. The second-order valence-corrected chi connectivity index (χ2v) is 4.22. The van der Waals surface area contributed by atoms with E-state index >= 15 is 0 Å². The molecule has 0 amide bonds. The molecular formula is C12H14N4O2. The Morgan fingerprint density at radius 1 is 1.39 bits per heavy atom. The van der Waals surface area contributed by atoms with Crippen molar-refractivity contribution in [2.24, 2.45) is 5.92 Å². The quantitative estimate of drug-likeness (QED) is 0.798. The van der Waals surface area contributed by atoms with Crippen LogP contribution in [0.15, 0.2) is 23.1 Å². The molecule has 0 fully saturated rings. The van der Waals surface area contributed by atoms with Gasteiger partial charge in [-0.2, -0.15) is 4.98 Å². The van der Waals surface area contributed by atoms with Crippen LogP contribution in [0.4, 0.5) is 0 Å². The molecule has 2 aromatic heterocycles. The molecule has 0 radical (unpaired) electrons. The van der Waals surface area contributed by atoms with E-state index in [1.165, 1.54) is 0 Å². The van der Waals surface area contributed by atoms with Crippen molar-refractivity contribution in [3.8, 4) is 11.5 Å². The topological polar surface area (TPSA) is 81.8 Å². The van der Waals surface area contributed by atoms with Gasteiger partial charge in [0.15, 0.2) is 0 Å². The van der Waals surface area contributed by atoms with Crippen LogP contribution in [-0.2, 0) is 11.2 Å². The highest BCUT2D eigenvalue weighted by molar-refractivity contribution is 5.80. The lowest BCUT2D eigenvalue weighted by atomic mass is 10.1. The van der Waals surface area contributed by atoms with Crippen molar-refractivity contribution in [3.63, 3.8) is 0 Å². The normalized spacial score (nSPS) is 10.8. The second-order valence-electron chi connectivity index (χ2n) is 4.22. The van der Waals surface area contributed by atoms with Gasteiger partial charge in [0.1, 0.15) is 11.5 Å². The number of rotatable bonds is 5. The molecule has 6 heteroatoms. The molecule has 0 atom stereocenters. The molecule has 0 saturated heterocycles. The van der Waals surface area contributed by atoms with E-state index in [4.69, 9.17) is 4.52 Å². The van der Waals surface area contributed by atoms with E-state index in [1.807, 2.05) is 13.8 Å². The maximum Gasteiger partial charge on any atom is 0.227 e. The monoisotopic (exact) mass is 246 g/mol. The number of carbonyl (C=O) groups excluding carboxylic acids is 1. The third kappa shape index (κ3) is 2.97. The van der Waals surface area contributed by atoms with Gasteiger partial charge in [-0.15, -0.1) is 0 Å². The molecule has 0 aromatic carbocycles. The van der Waals surface area contributed by atoms with E-state index in [-0.39, 0.29) is 11.7 Å². The van der Waals surface area contributed by atoms with Crippen molar-refractivity contribution in [3.05, 3.63) is 24.5 Å². The minimum absolute atomic E-state index is 0.0346. The molecule has 0 bridgehead atoms. The SMILES string of the molecule is CC(C)C(=O)CCc1nc(-c2cnccn2)no1. The zero-order valence-corrected chi connectivity index (χ0v) is 10.3. The molecule has 0 aliphatic carbocycles. The van der Waals surface area contributed by atoms with Gasteiger partial charge in [-0.05, 0) is 0 Å². The lowest BCUT2D eigenvalue weighted by molar-refractivity contribution is -0.121. The van der Waals surface area contributed by atoms with Crippen molar-refractivity contribution in [2.45, 2.75) is 26.7 Å². The van der Waals surface area contributed by atoms with Crippen LogP contribution in [0.1, 0.15) is 26.2 Å². The predicted molar refractivity (Wildman–Crippen MR) is 63.5 cm³/mol. The predicted octanol–water partition coefficient (Wildman–Crippen LogP) is 1.68. The molecule has 2 heterocycles. The molecule has 2 aromatic rings. The Kier molecular flexibility index (Phi) is 3.76. The van der Waals surface area contributed by atoms with Crippen LogP contribution in [0, 0.1) is 5.92 Å². The largest absolute Gasteiger partial charge is 0.339 e. The first-order valence-corrected chi connectivity index (χ1v) is 5.78. The number of carbonyl (C=O) groups is 1. The molecule has 0 unspecified atom stereocenters. The van der Waals surface area contributed by atoms with Gasteiger partial charge in [0, 0.05) is 31.2 Å². The maximum atomic E-state index is 11.5. The van der Waals surface area contributed by atoms with Gasteiger partial charge in [0.2, 0.25) is 11.7 Å². The fourth-order valence-corrected chi connectivity index (χ4v) is 1.39. The average molecular weight is 246 g/mol. The number of hydrogen-bond donors (Lipinski definition) is 0. The standard InChI is InChI=1S/C12H14N4O2/c1-8(2)10(17)3-4-11-15-12(16-18-11)9-7-13-5-6-14-9/h5-8H,3-4H2,1-2H3. The summed E-state index contributed by atoms with van der Waals surface area (Å²) in [5.74, 6) is 1.07. The Bertz CT molecular complexity index is 522. The minimum Gasteiger partial charge on any atom is -0.339 e. The van der Waals surface area contributed by atoms with Crippen molar-refractivity contribution >= 4 is 5.78 Å². The molecule has 0 spiro atoms. The summed E-state index contributed by atoms with van der Waals surface area (Å²) in [6.07, 6.45) is 5.58. The summed E-state index contributed by atoms with van der Waals surface area (Å²) in [5.41, 5.74) is 0.558. The van der Waals surface area contributed by atoms with Gasteiger partial charge in [0.05, 0.1) is 6.20 Å². The smallest absolute Gasteiger partial charge is 0.227 e. The van der Waals surface area contributed by atoms with Crippen LogP contribution >= 0.6 is 0 Å². The van der Waals surface area contributed by atoms with Gasteiger partial charge in [-0.1, -0.05) is 19.0 Å². The van der Waals surface area contributed by atoms with Gasteiger partial charge < -0.3 is 4.52 Å². The number of aryl methyl sites for hydroxylation is 1. The summed E-state index contributed by atoms with van der Waals surface area (Å²) in [6, 6.07) is 0. The van der Waals surface area contributed by atoms with E-state index < -0.39 is 0 Å². The van der Waals surface area contributed by atoms with Crippen molar-refractivity contribution < 1.29 is 9.32 Å². The van der Waals surface area contributed by atoms with Crippen molar-refractivity contribution in [1.29, 1.82) is 0 Å². The molecule has 2 rings (SSSR count). The summed E-state index contributed by atoms with van der Waals surface area (Å²) < 4.78 is 5.07. The summed E-state index contributed by atoms with van der Waals surface area (Å²) >= 11 is 0. The molecule has 0 aliphatic heterocycles. The van der Waals surface area contributed by atoms with E-state index in [9.17, 15) is 4.79 Å². The maximum absolute atomic E-state index is 11.5. The van der Waals surface area contributed by atoms with Gasteiger partial charge in [-0.25, -0.2) is 4.98 Å².